The number of hydrogen-bond donors (Lipinski definition) is 1. The highest BCUT2D eigenvalue weighted by atomic mass is 16.3. The predicted molar refractivity (Wildman–Crippen MR) is 79.5 cm³/mol. The van der Waals surface area contributed by atoms with E-state index in [4.69, 9.17) is 0 Å². The fraction of sp³-hybridized carbons (Fsp3) is 0.562. The fourth-order valence-corrected chi connectivity index (χ4v) is 2.67. The molecule has 2 rings (SSSR count). The van der Waals surface area contributed by atoms with Gasteiger partial charge in [0.25, 0.3) is 5.91 Å². The SMILES string of the molecule is CC(O)C1CCN(Cc2ccc(C(=O)N(C)C)cc2)C1. The zero-order valence-corrected chi connectivity index (χ0v) is 12.5. The lowest BCUT2D eigenvalue weighted by Gasteiger charge is -2.17. The second kappa shape index (κ2) is 6.37. The largest absolute Gasteiger partial charge is 0.393 e. The van der Waals surface area contributed by atoms with Crippen LogP contribution in [-0.4, -0.2) is 54.1 Å². The van der Waals surface area contributed by atoms with Gasteiger partial charge in [-0.25, -0.2) is 0 Å². The molecule has 4 nitrogen and oxygen atoms in total. The third-order valence-electron chi connectivity index (χ3n) is 4.00. The maximum Gasteiger partial charge on any atom is 0.253 e. The predicted octanol–water partition coefficient (Wildman–Crippen LogP) is 1.59. The van der Waals surface area contributed by atoms with E-state index in [1.165, 1.54) is 5.56 Å². The second-order valence-corrected chi connectivity index (χ2v) is 5.92. The second-order valence-electron chi connectivity index (χ2n) is 5.92. The highest BCUT2D eigenvalue weighted by molar-refractivity contribution is 5.93. The molecule has 0 bridgehead atoms. The minimum absolute atomic E-state index is 0.0342. The van der Waals surface area contributed by atoms with Gasteiger partial charge in [0, 0.05) is 32.7 Å². The van der Waals surface area contributed by atoms with Crippen molar-refractivity contribution in [3.05, 3.63) is 35.4 Å². The number of benzene rings is 1. The Bertz CT molecular complexity index is 454. The van der Waals surface area contributed by atoms with E-state index in [0.29, 0.717) is 5.92 Å². The number of carbonyl (C=O) groups is 1. The highest BCUT2D eigenvalue weighted by Gasteiger charge is 2.25. The Morgan fingerprint density at radius 1 is 1.40 bits per heavy atom. The van der Waals surface area contributed by atoms with Crippen LogP contribution in [0.2, 0.25) is 0 Å². The summed E-state index contributed by atoms with van der Waals surface area (Å²) in [6.07, 6.45) is 0.842. The molecular weight excluding hydrogens is 252 g/mol. The Morgan fingerprint density at radius 2 is 2.05 bits per heavy atom. The van der Waals surface area contributed by atoms with E-state index in [9.17, 15) is 9.90 Å². The molecule has 1 aliphatic rings. The van der Waals surface area contributed by atoms with Crippen LogP contribution in [0.4, 0.5) is 0 Å². The van der Waals surface area contributed by atoms with E-state index in [-0.39, 0.29) is 12.0 Å². The lowest BCUT2D eigenvalue weighted by atomic mass is 10.0. The third kappa shape index (κ3) is 3.58. The number of aliphatic hydroxyl groups excluding tert-OH is 1. The number of likely N-dealkylation sites (tertiary alicyclic amines) is 1. The molecule has 1 fully saturated rings. The summed E-state index contributed by atoms with van der Waals surface area (Å²) in [5.41, 5.74) is 1.94. The van der Waals surface area contributed by atoms with Crippen molar-refractivity contribution < 1.29 is 9.90 Å². The first-order valence-corrected chi connectivity index (χ1v) is 7.18. The van der Waals surface area contributed by atoms with Crippen LogP contribution in [0, 0.1) is 5.92 Å². The quantitative estimate of drug-likeness (QED) is 0.908. The van der Waals surface area contributed by atoms with E-state index in [1.807, 2.05) is 31.2 Å². The average Bonchev–Trinajstić information content (AvgIpc) is 2.87. The molecule has 1 aromatic carbocycles. The van der Waals surface area contributed by atoms with Gasteiger partial charge in [-0.3, -0.25) is 9.69 Å². The van der Waals surface area contributed by atoms with Crippen molar-refractivity contribution in [2.45, 2.75) is 26.0 Å². The third-order valence-corrected chi connectivity index (χ3v) is 4.00. The van der Waals surface area contributed by atoms with Crippen molar-refractivity contribution in [2.75, 3.05) is 27.2 Å². The van der Waals surface area contributed by atoms with Crippen LogP contribution in [0.1, 0.15) is 29.3 Å². The molecule has 20 heavy (non-hydrogen) atoms. The van der Waals surface area contributed by atoms with Crippen molar-refractivity contribution in [3.8, 4) is 0 Å². The first-order chi connectivity index (χ1) is 9.47. The summed E-state index contributed by atoms with van der Waals surface area (Å²) >= 11 is 0. The lowest BCUT2D eigenvalue weighted by molar-refractivity contribution is 0.0827. The summed E-state index contributed by atoms with van der Waals surface area (Å²) in [5.74, 6) is 0.427. The molecule has 1 N–H and O–H groups in total. The Kier molecular flexibility index (Phi) is 4.78. The van der Waals surface area contributed by atoms with Gasteiger partial charge in [-0.15, -0.1) is 0 Å². The number of hydrogen-bond acceptors (Lipinski definition) is 3. The Balaban J connectivity index is 1.93. The molecule has 0 aromatic heterocycles. The van der Waals surface area contributed by atoms with Gasteiger partial charge in [0.2, 0.25) is 0 Å². The van der Waals surface area contributed by atoms with Gasteiger partial charge in [0.1, 0.15) is 0 Å². The minimum atomic E-state index is -0.222. The van der Waals surface area contributed by atoms with Crippen LogP contribution in [0.15, 0.2) is 24.3 Å². The van der Waals surface area contributed by atoms with E-state index in [1.54, 1.807) is 19.0 Å². The molecule has 0 radical (unpaired) electrons. The zero-order chi connectivity index (χ0) is 14.7. The maximum atomic E-state index is 11.8. The normalized spacial score (nSPS) is 20.9. The summed E-state index contributed by atoms with van der Waals surface area (Å²) < 4.78 is 0. The van der Waals surface area contributed by atoms with Crippen LogP contribution < -0.4 is 0 Å². The number of amides is 1. The zero-order valence-electron chi connectivity index (χ0n) is 12.5. The van der Waals surface area contributed by atoms with Crippen LogP contribution in [0.3, 0.4) is 0 Å². The topological polar surface area (TPSA) is 43.8 Å². The first kappa shape index (κ1) is 15.0. The van der Waals surface area contributed by atoms with Crippen LogP contribution in [0.5, 0.6) is 0 Å². The molecule has 110 valence electrons. The van der Waals surface area contributed by atoms with Gasteiger partial charge in [-0.2, -0.15) is 0 Å². The van der Waals surface area contributed by atoms with Crippen molar-refractivity contribution >= 4 is 5.91 Å². The van der Waals surface area contributed by atoms with Crippen LogP contribution >= 0.6 is 0 Å². The van der Waals surface area contributed by atoms with E-state index < -0.39 is 0 Å². The van der Waals surface area contributed by atoms with Crippen molar-refractivity contribution in [3.63, 3.8) is 0 Å². The van der Waals surface area contributed by atoms with Gasteiger partial charge < -0.3 is 10.0 Å². The molecule has 1 aliphatic heterocycles. The number of rotatable bonds is 4. The summed E-state index contributed by atoms with van der Waals surface area (Å²) in [6.45, 7) is 4.75. The van der Waals surface area contributed by atoms with Crippen molar-refractivity contribution in [1.82, 2.24) is 9.80 Å². The van der Waals surface area contributed by atoms with Crippen LogP contribution in [-0.2, 0) is 6.54 Å². The molecule has 1 amide bonds. The Hall–Kier alpha value is -1.39. The summed E-state index contributed by atoms with van der Waals surface area (Å²) in [7, 11) is 3.52. The molecule has 1 heterocycles. The van der Waals surface area contributed by atoms with Gasteiger partial charge in [0.15, 0.2) is 0 Å². The van der Waals surface area contributed by atoms with Crippen molar-refractivity contribution in [1.29, 1.82) is 0 Å². The maximum absolute atomic E-state index is 11.8. The molecule has 0 aliphatic carbocycles. The summed E-state index contributed by atoms with van der Waals surface area (Å²) in [6, 6.07) is 7.82. The molecular formula is C16H24N2O2. The average molecular weight is 276 g/mol. The minimum Gasteiger partial charge on any atom is -0.393 e. The molecule has 0 saturated carbocycles. The smallest absolute Gasteiger partial charge is 0.253 e. The number of carbonyl (C=O) groups excluding carboxylic acids is 1. The molecule has 2 unspecified atom stereocenters. The standard InChI is InChI=1S/C16H24N2O2/c1-12(19)15-8-9-18(11-15)10-13-4-6-14(7-5-13)16(20)17(2)3/h4-7,12,15,19H,8-11H2,1-3H3. The van der Waals surface area contributed by atoms with Crippen molar-refractivity contribution in [2.24, 2.45) is 5.92 Å². The Labute approximate surface area is 121 Å². The van der Waals surface area contributed by atoms with Gasteiger partial charge >= 0.3 is 0 Å². The number of nitrogens with zero attached hydrogens (tertiary/aromatic N) is 2. The summed E-state index contributed by atoms with van der Waals surface area (Å²) in [4.78, 5) is 15.8. The fourth-order valence-electron chi connectivity index (χ4n) is 2.67. The van der Waals surface area contributed by atoms with Crippen LogP contribution in [0.25, 0.3) is 0 Å². The van der Waals surface area contributed by atoms with Gasteiger partial charge in [0.05, 0.1) is 6.10 Å². The van der Waals surface area contributed by atoms with Gasteiger partial charge in [-0.05, 0) is 43.5 Å². The number of aliphatic hydroxyl groups is 1. The molecule has 1 aromatic rings. The van der Waals surface area contributed by atoms with E-state index in [0.717, 1.165) is 31.6 Å². The summed E-state index contributed by atoms with van der Waals surface area (Å²) in [5, 5.41) is 9.62. The van der Waals surface area contributed by atoms with E-state index >= 15 is 0 Å². The van der Waals surface area contributed by atoms with Gasteiger partial charge in [-0.1, -0.05) is 12.1 Å². The molecule has 0 spiro atoms. The molecule has 2 atom stereocenters. The molecule has 4 heteroatoms. The monoisotopic (exact) mass is 276 g/mol. The Morgan fingerprint density at radius 3 is 2.55 bits per heavy atom. The lowest BCUT2D eigenvalue weighted by Crippen LogP contribution is -2.24. The molecule has 1 saturated heterocycles. The highest BCUT2D eigenvalue weighted by Crippen LogP contribution is 2.21. The van der Waals surface area contributed by atoms with E-state index in [2.05, 4.69) is 4.90 Å². The first-order valence-electron chi connectivity index (χ1n) is 7.18.